The summed E-state index contributed by atoms with van der Waals surface area (Å²) in [7, 11) is 0. The second kappa shape index (κ2) is 9.82. The Hall–Kier alpha value is -3.43. The van der Waals surface area contributed by atoms with Crippen LogP contribution in [0.25, 0.3) is 10.9 Å². The van der Waals surface area contributed by atoms with Gasteiger partial charge in [0.15, 0.2) is 11.5 Å². The van der Waals surface area contributed by atoms with Gasteiger partial charge >= 0.3 is 6.03 Å². The number of carbonyl (C=O) groups excluding carboxylic acids is 1. The summed E-state index contributed by atoms with van der Waals surface area (Å²) in [5.74, 6) is 2.47. The highest BCUT2D eigenvalue weighted by Crippen LogP contribution is 2.48. The summed E-state index contributed by atoms with van der Waals surface area (Å²) in [6, 6.07) is 8.52. The summed E-state index contributed by atoms with van der Waals surface area (Å²) in [6.45, 7) is 1.15. The average molecular weight is 486 g/mol. The monoisotopic (exact) mass is 485 g/mol. The quantitative estimate of drug-likeness (QED) is 0.403. The maximum Gasteiger partial charge on any atom is 0.319 e. The summed E-state index contributed by atoms with van der Waals surface area (Å²) < 4.78 is 23.7. The number of fused-ring (bicyclic) bond motifs is 3. The average Bonchev–Trinajstić information content (AvgIpc) is 3.65. The lowest BCUT2D eigenvalue weighted by molar-refractivity contribution is 0.161. The van der Waals surface area contributed by atoms with E-state index in [1.807, 2.05) is 0 Å². The zero-order valence-electron chi connectivity index (χ0n) is 18.3. The van der Waals surface area contributed by atoms with Gasteiger partial charge in [-0.25, -0.2) is 4.79 Å². The largest absolute Gasteiger partial charge is 0.489 e. The van der Waals surface area contributed by atoms with Gasteiger partial charge in [-0.3, -0.25) is 4.98 Å². The number of aliphatic hydroxyl groups excluding tert-OH is 1. The first-order valence-corrected chi connectivity index (χ1v) is 11.5. The summed E-state index contributed by atoms with van der Waals surface area (Å²) in [5, 5.41) is 15.7. The van der Waals surface area contributed by atoms with Crippen LogP contribution in [0.4, 0.5) is 10.5 Å². The lowest BCUT2D eigenvalue weighted by Crippen LogP contribution is -2.30. The van der Waals surface area contributed by atoms with E-state index in [0.717, 1.165) is 12.8 Å². The van der Waals surface area contributed by atoms with E-state index in [9.17, 15) is 4.79 Å². The summed E-state index contributed by atoms with van der Waals surface area (Å²) >= 11 is 6.39. The number of pyridine rings is 1. The lowest BCUT2D eigenvalue weighted by atomic mass is 10.1. The molecule has 2 amide bonds. The molecule has 0 atom stereocenters. The van der Waals surface area contributed by atoms with Gasteiger partial charge in [-0.15, -0.1) is 0 Å². The number of aliphatic hydroxyl groups is 1. The van der Waals surface area contributed by atoms with Crippen LogP contribution >= 0.6 is 11.6 Å². The molecule has 3 aromatic rings. The normalized spacial score (nSPS) is 14.5. The molecule has 178 valence electrons. The topological polar surface area (TPSA) is 111 Å². The van der Waals surface area contributed by atoms with Gasteiger partial charge in [0, 0.05) is 37.4 Å². The third-order valence-electron chi connectivity index (χ3n) is 5.33. The van der Waals surface area contributed by atoms with E-state index in [1.54, 1.807) is 36.5 Å². The second-order valence-electron chi connectivity index (χ2n) is 7.98. The molecule has 10 heteroatoms. The molecule has 9 nitrogen and oxygen atoms in total. The molecule has 0 spiro atoms. The lowest BCUT2D eigenvalue weighted by Gasteiger charge is -2.23. The van der Waals surface area contributed by atoms with E-state index < -0.39 is 0 Å². The van der Waals surface area contributed by atoms with Gasteiger partial charge in [0.05, 0.1) is 28.2 Å². The number of benzene rings is 2. The highest BCUT2D eigenvalue weighted by atomic mass is 35.5. The highest BCUT2D eigenvalue weighted by molar-refractivity contribution is 6.33. The molecule has 2 heterocycles. The van der Waals surface area contributed by atoms with Gasteiger partial charge in [-0.1, -0.05) is 11.6 Å². The van der Waals surface area contributed by atoms with Crippen molar-refractivity contribution in [2.75, 3.05) is 31.7 Å². The fourth-order valence-electron chi connectivity index (χ4n) is 3.57. The van der Waals surface area contributed by atoms with Crippen LogP contribution < -0.4 is 29.6 Å². The smallest absolute Gasteiger partial charge is 0.319 e. The molecular weight excluding hydrogens is 462 g/mol. The van der Waals surface area contributed by atoms with E-state index >= 15 is 0 Å². The SMILES string of the molecule is O=C(Nc1ccc(Oc2ccnc3cc(OCCCO)c4c(c23)OCCO4)cc1Cl)NC1CC1. The minimum Gasteiger partial charge on any atom is -0.489 e. The zero-order valence-corrected chi connectivity index (χ0v) is 19.1. The number of ether oxygens (including phenoxy) is 4. The number of hydrogen-bond donors (Lipinski definition) is 3. The molecule has 0 unspecified atom stereocenters. The van der Waals surface area contributed by atoms with E-state index in [1.165, 1.54) is 0 Å². The van der Waals surface area contributed by atoms with E-state index in [2.05, 4.69) is 15.6 Å². The van der Waals surface area contributed by atoms with Crippen molar-refractivity contribution in [1.29, 1.82) is 0 Å². The summed E-state index contributed by atoms with van der Waals surface area (Å²) in [4.78, 5) is 16.5. The van der Waals surface area contributed by atoms with Crippen LogP contribution in [0.1, 0.15) is 19.3 Å². The van der Waals surface area contributed by atoms with Crippen LogP contribution in [0.2, 0.25) is 5.02 Å². The number of hydrogen-bond acceptors (Lipinski definition) is 7. The van der Waals surface area contributed by atoms with Gasteiger partial charge in [0.25, 0.3) is 0 Å². The van der Waals surface area contributed by atoms with Crippen LogP contribution in [0, 0.1) is 0 Å². The number of rotatable bonds is 8. The number of aromatic nitrogens is 1. The van der Waals surface area contributed by atoms with E-state index in [-0.39, 0.29) is 18.7 Å². The van der Waals surface area contributed by atoms with Crippen molar-refractivity contribution in [2.45, 2.75) is 25.3 Å². The van der Waals surface area contributed by atoms with Crippen LogP contribution in [0.5, 0.6) is 28.7 Å². The number of carbonyl (C=O) groups is 1. The predicted octanol–water partition coefficient (Wildman–Crippen LogP) is 4.50. The molecule has 5 rings (SSSR count). The second-order valence-corrected chi connectivity index (χ2v) is 8.38. The Labute approximate surface area is 200 Å². The molecule has 1 aliphatic heterocycles. The molecule has 0 radical (unpaired) electrons. The Bertz CT molecular complexity index is 1220. The Morgan fingerprint density at radius 2 is 1.97 bits per heavy atom. The predicted molar refractivity (Wildman–Crippen MR) is 127 cm³/mol. The van der Waals surface area contributed by atoms with Crippen molar-refractivity contribution >= 4 is 34.2 Å². The van der Waals surface area contributed by atoms with Crippen molar-refractivity contribution in [3.05, 3.63) is 41.6 Å². The number of urea groups is 1. The minimum atomic E-state index is -0.279. The van der Waals surface area contributed by atoms with Crippen molar-refractivity contribution in [1.82, 2.24) is 10.3 Å². The van der Waals surface area contributed by atoms with Gasteiger partial charge in [-0.2, -0.15) is 0 Å². The molecule has 34 heavy (non-hydrogen) atoms. The molecule has 1 aromatic heterocycles. The van der Waals surface area contributed by atoms with Gasteiger partial charge in [0.1, 0.15) is 24.7 Å². The van der Waals surface area contributed by atoms with Crippen molar-refractivity contribution in [2.24, 2.45) is 0 Å². The Morgan fingerprint density at radius 3 is 2.74 bits per heavy atom. The number of nitrogens with one attached hydrogen (secondary N) is 2. The maximum absolute atomic E-state index is 12.0. The summed E-state index contributed by atoms with van der Waals surface area (Å²) in [6.07, 6.45) is 4.13. The fourth-order valence-corrected chi connectivity index (χ4v) is 3.79. The molecule has 1 saturated carbocycles. The van der Waals surface area contributed by atoms with Crippen LogP contribution in [0.3, 0.4) is 0 Å². The highest BCUT2D eigenvalue weighted by Gasteiger charge is 2.25. The first-order chi connectivity index (χ1) is 16.6. The molecule has 1 fully saturated rings. The third kappa shape index (κ3) is 4.90. The first-order valence-electron chi connectivity index (χ1n) is 11.1. The standard InChI is InChI=1S/C24H24ClN3O6/c25-16-12-15(4-5-17(16)28-24(30)27-14-2-3-14)34-19-6-7-26-18-13-20(31-9-1-8-29)22-23(21(18)19)33-11-10-32-22/h4-7,12-14,29H,1-3,8-11H2,(H2,27,28,30). The maximum atomic E-state index is 12.0. The van der Waals surface area contributed by atoms with Gasteiger partial charge < -0.3 is 34.7 Å². The molecule has 0 bridgehead atoms. The van der Waals surface area contributed by atoms with Gasteiger partial charge in [-0.05, 0) is 31.0 Å². The number of nitrogens with zero attached hydrogens (tertiary/aromatic N) is 1. The van der Waals surface area contributed by atoms with Crippen LogP contribution in [-0.2, 0) is 0 Å². The number of halogens is 1. The number of amides is 2. The number of anilines is 1. The molecule has 3 N–H and O–H groups in total. The van der Waals surface area contributed by atoms with E-state index in [4.69, 9.17) is 35.7 Å². The van der Waals surface area contributed by atoms with Crippen molar-refractivity contribution in [3.63, 3.8) is 0 Å². The van der Waals surface area contributed by atoms with Crippen molar-refractivity contribution in [3.8, 4) is 28.7 Å². The Balaban J connectivity index is 1.42. The molecular formula is C24H24ClN3O6. The molecule has 1 aliphatic carbocycles. The summed E-state index contributed by atoms with van der Waals surface area (Å²) in [5.41, 5.74) is 1.10. The first kappa shape index (κ1) is 22.4. The van der Waals surface area contributed by atoms with Crippen LogP contribution in [0.15, 0.2) is 36.5 Å². The molecule has 2 aromatic carbocycles. The molecule has 2 aliphatic rings. The van der Waals surface area contributed by atoms with Gasteiger partial charge in [0.2, 0.25) is 5.75 Å². The zero-order chi connectivity index (χ0) is 23.5. The van der Waals surface area contributed by atoms with Crippen molar-refractivity contribution < 1.29 is 28.8 Å². The van der Waals surface area contributed by atoms with Crippen LogP contribution in [-0.4, -0.2) is 48.6 Å². The third-order valence-corrected chi connectivity index (χ3v) is 5.64. The minimum absolute atomic E-state index is 0.0332. The molecule has 0 saturated heterocycles. The Kier molecular flexibility index (Phi) is 6.46. The Morgan fingerprint density at radius 1 is 1.15 bits per heavy atom. The van der Waals surface area contributed by atoms with E-state index in [0.29, 0.717) is 76.6 Å². The fraction of sp³-hybridized carbons (Fsp3) is 0.333.